The van der Waals surface area contributed by atoms with Crippen molar-refractivity contribution in [3.05, 3.63) is 18.2 Å². The van der Waals surface area contributed by atoms with Crippen LogP contribution in [0, 0.1) is 0 Å². The normalized spacial score (nSPS) is 15.6. The van der Waals surface area contributed by atoms with Crippen LogP contribution in [0.3, 0.4) is 0 Å². The predicted octanol–water partition coefficient (Wildman–Crippen LogP) is -11.3. The maximum atomic E-state index is 14.0. The zero-order chi connectivity index (χ0) is 70.7. The van der Waals surface area contributed by atoms with E-state index >= 15 is 0 Å². The van der Waals surface area contributed by atoms with Crippen molar-refractivity contribution >= 4 is 88.8 Å². The summed E-state index contributed by atoms with van der Waals surface area (Å²) in [4.78, 5) is 203. The van der Waals surface area contributed by atoms with E-state index in [0.717, 1.165) is 13.8 Å². The van der Waals surface area contributed by atoms with Crippen LogP contribution in [0.25, 0.3) is 0 Å². The molecule has 1 aromatic rings. The molecule has 1 heterocycles. The number of carbonyl (C=O) groups is 15. The van der Waals surface area contributed by atoms with Crippen LogP contribution in [0.2, 0.25) is 0 Å². The quantitative estimate of drug-likeness (QED) is 0.0270. The largest absolute Gasteiger partial charge is 0.481 e. The summed E-state index contributed by atoms with van der Waals surface area (Å²) < 4.78 is 0. The molecule has 0 unspecified atom stereocenters. The number of hydrogen-bond acceptors (Lipinski definition) is 24. The van der Waals surface area contributed by atoms with Crippen LogP contribution in [0.1, 0.15) is 104 Å². The molecule has 12 amide bonds. The molecule has 1 rings (SSSR count). The first-order valence-corrected chi connectivity index (χ1v) is 29.4. The van der Waals surface area contributed by atoms with Crippen LogP contribution < -0.4 is 87.2 Å². The summed E-state index contributed by atoms with van der Waals surface area (Å²) in [6.07, 6.45) is -3.40. The smallest absolute Gasteiger partial charge is 0.328 e. The van der Waals surface area contributed by atoms with Crippen LogP contribution in [0.4, 0.5) is 0 Å². The number of rotatable bonds is 47. The van der Waals surface area contributed by atoms with Gasteiger partial charge < -0.3 is 128 Å². The van der Waals surface area contributed by atoms with Gasteiger partial charge in [0, 0.05) is 18.3 Å². The number of nitrogens with one attached hydrogen (secondary N) is 12. The lowest BCUT2D eigenvalue weighted by atomic mass is 10.0. The lowest BCUT2D eigenvalue weighted by molar-refractivity contribution is -0.143. The van der Waals surface area contributed by atoms with E-state index in [4.69, 9.17) is 33.8 Å². The predicted molar refractivity (Wildman–Crippen MR) is 319 cm³/mol. The highest BCUT2D eigenvalue weighted by atomic mass is 16.4. The Morgan fingerprint density at radius 3 is 1.20 bits per heavy atom. The lowest BCUT2D eigenvalue weighted by Crippen LogP contribution is -2.63. The van der Waals surface area contributed by atoms with Gasteiger partial charge >= 0.3 is 17.9 Å². The highest BCUT2D eigenvalue weighted by molar-refractivity contribution is 6.01. The summed E-state index contributed by atoms with van der Waals surface area (Å²) >= 11 is 0. The second-order valence-corrected chi connectivity index (χ2v) is 21.5. The molecule has 0 aliphatic carbocycles. The number of unbranched alkanes of at least 4 members (excludes halogenated alkanes) is 3. The van der Waals surface area contributed by atoms with Gasteiger partial charge in [0.1, 0.15) is 66.5 Å². The molecule has 40 nitrogen and oxygen atoms in total. The average Bonchev–Trinajstić information content (AvgIpc) is 1.35. The van der Waals surface area contributed by atoms with Crippen LogP contribution in [-0.4, -0.2) is 252 Å². The first-order valence-electron chi connectivity index (χ1n) is 29.4. The first kappa shape index (κ1) is 82.0. The Morgan fingerprint density at radius 1 is 0.441 bits per heavy atom. The van der Waals surface area contributed by atoms with Crippen molar-refractivity contribution in [2.75, 3.05) is 32.8 Å². The average molecular weight is 1330 g/mol. The fraction of sp³-hybridized carbons (Fsp3) is 0.660. The van der Waals surface area contributed by atoms with Crippen molar-refractivity contribution in [1.82, 2.24) is 68.5 Å². The first-order chi connectivity index (χ1) is 43.7. The minimum absolute atomic E-state index is 0.0898. The fourth-order valence-electron chi connectivity index (χ4n) is 8.45. The second kappa shape index (κ2) is 42.9. The van der Waals surface area contributed by atoms with Gasteiger partial charge in [0.15, 0.2) is 0 Å². The molecule has 93 heavy (non-hydrogen) atoms. The number of imidazole rings is 1. The Morgan fingerprint density at radius 2 is 0.796 bits per heavy atom. The molecule has 29 N–H and O–H groups in total. The summed E-state index contributed by atoms with van der Waals surface area (Å²) in [6.45, 7) is 1.46. The number of nitrogens with zero attached hydrogens (tertiary/aromatic N) is 1. The van der Waals surface area contributed by atoms with E-state index in [1.807, 2.05) is 0 Å². The topological polar surface area (TPSA) is 689 Å². The number of amides is 12. The molecule has 524 valence electrons. The highest BCUT2D eigenvalue weighted by Gasteiger charge is 2.38. The minimum atomic E-state index is -2.13. The molecular weight excluding hydrogens is 1240 g/mol. The van der Waals surface area contributed by atoms with E-state index < -0.39 is 206 Å². The molecule has 0 aliphatic rings. The third-order valence-corrected chi connectivity index (χ3v) is 13.6. The molecule has 40 heteroatoms. The maximum absolute atomic E-state index is 14.0. The van der Waals surface area contributed by atoms with Gasteiger partial charge in [-0.1, -0.05) is 0 Å². The van der Waals surface area contributed by atoms with E-state index in [0.29, 0.717) is 12.8 Å². The highest BCUT2D eigenvalue weighted by Crippen LogP contribution is 2.10. The van der Waals surface area contributed by atoms with Crippen molar-refractivity contribution in [1.29, 1.82) is 0 Å². The number of primary amides is 1. The molecule has 0 spiro atoms. The van der Waals surface area contributed by atoms with Crippen LogP contribution in [0.5, 0.6) is 0 Å². The number of carbonyl (C=O) groups excluding carboxylic acids is 12. The van der Waals surface area contributed by atoms with Gasteiger partial charge in [-0.05, 0) is 98.2 Å². The van der Waals surface area contributed by atoms with Crippen molar-refractivity contribution in [3.63, 3.8) is 0 Å². The van der Waals surface area contributed by atoms with E-state index in [2.05, 4.69) is 68.5 Å². The van der Waals surface area contributed by atoms with Crippen LogP contribution in [0.15, 0.2) is 12.5 Å². The van der Waals surface area contributed by atoms with Crippen molar-refractivity contribution in [2.24, 2.45) is 28.7 Å². The summed E-state index contributed by atoms with van der Waals surface area (Å²) in [6, 6.07) is -21.2. The summed E-state index contributed by atoms with van der Waals surface area (Å²) in [5, 5.41) is 93.4. The number of carboxylic acids is 3. The van der Waals surface area contributed by atoms with E-state index in [1.54, 1.807) is 0 Å². The van der Waals surface area contributed by atoms with Gasteiger partial charge in [-0.15, -0.1) is 0 Å². The standard InChI is InChI=1S/C53H90N18O22/c1-24(61-44(83)29(10-4-7-13-54)64-51(90)40(25(2)74)70-43(82)28(57)17-38(77)78)42(81)62-30(11-5-8-14-55)45(84)67-34(19-39(79)80)48(87)66-33(18-37(58)76)49(88)71-41(26(3)75)52(91)68-35(21-72)50(89)65-32(16-27-20-59-23-60-27)47(86)63-31(12-6-9-15-56)46(85)69-36(22-73)53(92)93/h20,23-26,28-36,40-41,72-75H,4-19,21-22,54-57H2,1-3H3,(H2,58,76)(H,59,60)(H,61,83)(H,62,81)(H,63,86)(H,64,90)(H,65,89)(H,66,87)(H,67,84)(H,68,91)(H,69,85)(H,70,82)(H,71,88)(H,77,78)(H,79,80)(H,92,93)/t24-,25+,26+,28-,29-,30-,31-,32-,33-,34-,35-,36-,40-,41-/m0/s1. The Labute approximate surface area is 532 Å². The molecular formula is C53H90N18O22. The van der Waals surface area contributed by atoms with Gasteiger partial charge in [-0.3, -0.25) is 67.1 Å². The van der Waals surface area contributed by atoms with Gasteiger partial charge in [-0.2, -0.15) is 0 Å². The lowest BCUT2D eigenvalue weighted by Gasteiger charge is -2.28. The zero-order valence-electron chi connectivity index (χ0n) is 51.6. The summed E-state index contributed by atoms with van der Waals surface area (Å²) in [5.74, 6) is -19.2. The number of aromatic nitrogens is 2. The number of hydrogen-bond donors (Lipinski definition) is 24. The van der Waals surface area contributed by atoms with Gasteiger partial charge in [0.25, 0.3) is 0 Å². The Bertz CT molecular complexity index is 2690. The molecule has 1 aromatic heterocycles. The van der Waals surface area contributed by atoms with Crippen molar-refractivity contribution in [3.8, 4) is 0 Å². The maximum Gasteiger partial charge on any atom is 0.328 e. The van der Waals surface area contributed by atoms with Gasteiger partial charge in [-0.25, -0.2) is 9.78 Å². The number of aliphatic hydroxyl groups excluding tert-OH is 4. The second-order valence-electron chi connectivity index (χ2n) is 21.5. The number of carboxylic acid groups (broad SMARTS) is 3. The molecule has 0 fully saturated rings. The van der Waals surface area contributed by atoms with Gasteiger partial charge in [0.2, 0.25) is 70.9 Å². The molecule has 0 radical (unpaired) electrons. The van der Waals surface area contributed by atoms with E-state index in [1.165, 1.54) is 19.4 Å². The molecule has 0 aliphatic heterocycles. The molecule has 0 aromatic carbocycles. The number of H-pyrrole nitrogens is 1. The zero-order valence-corrected chi connectivity index (χ0v) is 51.6. The number of nitrogens with two attached hydrogens (primary N) is 5. The SMILES string of the molecule is C[C@H](NC(=O)[C@H](CCCCN)NC(=O)[C@@H](NC(=O)[C@@H](N)CC(=O)O)[C@@H](C)O)C(=O)N[C@@H](CCCCN)C(=O)N[C@@H](CC(=O)O)C(=O)N[C@@H](CC(N)=O)C(=O)N[C@H](C(=O)N[C@@H](CO)C(=O)N[C@@H](Cc1cnc[nH]1)C(=O)N[C@@H](CCCCN)C(=O)N[C@@H](CO)C(=O)O)[C@@H](C)O. The van der Waals surface area contributed by atoms with E-state index in [-0.39, 0.29) is 76.7 Å². The number of aliphatic carboxylic acids is 3. The third-order valence-electron chi connectivity index (χ3n) is 13.6. The van der Waals surface area contributed by atoms with E-state index in [9.17, 15) is 103 Å². The van der Waals surface area contributed by atoms with Gasteiger partial charge in [0.05, 0.1) is 57.1 Å². The third kappa shape index (κ3) is 30.7. The van der Waals surface area contributed by atoms with Crippen LogP contribution in [-0.2, 0) is 78.3 Å². The number of aliphatic hydroxyl groups is 4. The Kier molecular flexibility index (Phi) is 37.8. The molecule has 0 saturated heterocycles. The molecule has 0 bridgehead atoms. The fourth-order valence-corrected chi connectivity index (χ4v) is 8.45. The molecule has 14 atom stereocenters. The van der Waals surface area contributed by atoms with Crippen molar-refractivity contribution in [2.45, 2.75) is 189 Å². The molecule has 0 saturated carbocycles. The summed E-state index contributed by atoms with van der Waals surface area (Å²) in [7, 11) is 0. The Hall–Kier alpha value is -9.06. The van der Waals surface area contributed by atoms with Crippen molar-refractivity contribution < 1.29 is 108 Å². The Balaban J connectivity index is 3.44. The minimum Gasteiger partial charge on any atom is -0.481 e. The summed E-state index contributed by atoms with van der Waals surface area (Å²) in [5.41, 5.74) is 28.0. The number of aromatic amines is 1. The van der Waals surface area contributed by atoms with Crippen LogP contribution >= 0.6 is 0 Å². The monoisotopic (exact) mass is 1330 g/mol.